The lowest BCUT2D eigenvalue weighted by Gasteiger charge is -2.10. The van der Waals surface area contributed by atoms with E-state index in [9.17, 15) is 17.6 Å². The van der Waals surface area contributed by atoms with Gasteiger partial charge in [0.25, 0.3) is 10.0 Å². The lowest BCUT2D eigenvalue weighted by Crippen LogP contribution is -2.14. The van der Waals surface area contributed by atoms with Crippen LogP contribution >= 0.6 is 0 Å². The second-order valence-corrected chi connectivity index (χ2v) is 6.52. The Morgan fingerprint density at radius 1 is 1.17 bits per heavy atom. The molecular formula is C16H16FNO4S. The molecule has 7 heteroatoms. The van der Waals surface area contributed by atoms with Crippen molar-refractivity contribution in [1.29, 1.82) is 0 Å². The van der Waals surface area contributed by atoms with Gasteiger partial charge in [-0.2, -0.15) is 0 Å². The first-order valence-corrected chi connectivity index (χ1v) is 8.38. The monoisotopic (exact) mass is 337 g/mol. The normalized spacial score (nSPS) is 11.1. The molecule has 0 aliphatic rings. The fraction of sp³-hybridized carbons (Fsp3) is 0.188. The third kappa shape index (κ3) is 4.07. The molecule has 0 saturated heterocycles. The Morgan fingerprint density at radius 2 is 1.83 bits per heavy atom. The van der Waals surface area contributed by atoms with E-state index < -0.39 is 21.8 Å². The molecule has 122 valence electrons. The van der Waals surface area contributed by atoms with Gasteiger partial charge in [-0.05, 0) is 44.2 Å². The van der Waals surface area contributed by atoms with E-state index in [0.717, 1.165) is 11.6 Å². The van der Waals surface area contributed by atoms with Crippen molar-refractivity contribution >= 4 is 21.7 Å². The molecule has 23 heavy (non-hydrogen) atoms. The van der Waals surface area contributed by atoms with Crippen molar-refractivity contribution in [2.75, 3.05) is 11.3 Å². The van der Waals surface area contributed by atoms with Gasteiger partial charge >= 0.3 is 5.97 Å². The number of rotatable bonds is 5. The summed E-state index contributed by atoms with van der Waals surface area (Å²) >= 11 is 0. The highest BCUT2D eigenvalue weighted by Crippen LogP contribution is 2.21. The number of benzene rings is 2. The smallest absolute Gasteiger partial charge is 0.338 e. The summed E-state index contributed by atoms with van der Waals surface area (Å²) in [7, 11) is -3.90. The number of ether oxygens (including phenoxy) is 1. The molecule has 0 heterocycles. The van der Waals surface area contributed by atoms with Crippen LogP contribution in [-0.2, 0) is 14.8 Å². The predicted octanol–water partition coefficient (Wildman–Crippen LogP) is 3.11. The Kier molecular flexibility index (Phi) is 5.00. The van der Waals surface area contributed by atoms with Crippen LogP contribution < -0.4 is 4.72 Å². The van der Waals surface area contributed by atoms with E-state index in [1.807, 2.05) is 6.92 Å². The highest BCUT2D eigenvalue weighted by molar-refractivity contribution is 7.92. The number of halogens is 1. The van der Waals surface area contributed by atoms with Gasteiger partial charge in [0.2, 0.25) is 0 Å². The molecule has 0 aliphatic heterocycles. The van der Waals surface area contributed by atoms with Crippen molar-refractivity contribution in [1.82, 2.24) is 0 Å². The molecule has 0 aromatic heterocycles. The van der Waals surface area contributed by atoms with Crippen molar-refractivity contribution < 1.29 is 22.3 Å². The van der Waals surface area contributed by atoms with E-state index in [1.54, 1.807) is 19.1 Å². The van der Waals surface area contributed by atoms with Crippen molar-refractivity contribution in [2.24, 2.45) is 0 Å². The number of aryl methyl sites for hydroxylation is 1. The molecule has 2 aromatic carbocycles. The van der Waals surface area contributed by atoms with Crippen molar-refractivity contribution in [3.05, 3.63) is 59.4 Å². The molecule has 0 aliphatic carbocycles. The number of carbonyl (C=O) groups excluding carboxylic acids is 1. The number of hydrogen-bond donors (Lipinski definition) is 1. The minimum absolute atomic E-state index is 0.0163. The zero-order valence-corrected chi connectivity index (χ0v) is 13.5. The lowest BCUT2D eigenvalue weighted by molar-refractivity contribution is 0.0526. The molecule has 1 N–H and O–H groups in total. The highest BCUT2D eigenvalue weighted by Gasteiger charge is 2.17. The molecule has 2 aromatic rings. The topological polar surface area (TPSA) is 72.5 Å². The molecule has 0 unspecified atom stereocenters. The SMILES string of the molecule is CCOC(=O)c1ccc(NS(=O)(=O)c2ccc(C)cc2)c(F)c1. The number of hydrogen-bond acceptors (Lipinski definition) is 4. The Hall–Kier alpha value is -2.41. The molecule has 5 nitrogen and oxygen atoms in total. The van der Waals surface area contributed by atoms with Gasteiger partial charge in [0.05, 0.1) is 22.8 Å². The molecule has 0 fully saturated rings. The van der Waals surface area contributed by atoms with E-state index >= 15 is 0 Å². The van der Waals surface area contributed by atoms with Gasteiger partial charge < -0.3 is 4.74 Å². The summed E-state index contributed by atoms with van der Waals surface area (Å²) in [5, 5.41) is 0. The summed E-state index contributed by atoms with van der Waals surface area (Å²) in [6, 6.07) is 9.58. The van der Waals surface area contributed by atoms with Gasteiger partial charge in [0.1, 0.15) is 5.82 Å². The Morgan fingerprint density at radius 3 is 2.39 bits per heavy atom. The van der Waals surface area contributed by atoms with Crippen LogP contribution in [0, 0.1) is 12.7 Å². The van der Waals surface area contributed by atoms with Crippen LogP contribution in [0.2, 0.25) is 0 Å². The van der Waals surface area contributed by atoms with Crippen molar-refractivity contribution in [2.45, 2.75) is 18.7 Å². The number of nitrogens with one attached hydrogen (secondary N) is 1. The van der Waals surface area contributed by atoms with Gasteiger partial charge in [0.15, 0.2) is 0 Å². The number of esters is 1. The van der Waals surface area contributed by atoms with E-state index in [1.165, 1.54) is 24.3 Å². The maximum atomic E-state index is 14.0. The fourth-order valence-electron chi connectivity index (χ4n) is 1.86. The minimum Gasteiger partial charge on any atom is -0.462 e. The summed E-state index contributed by atoms with van der Waals surface area (Å²) in [5.41, 5.74) is 0.690. The van der Waals surface area contributed by atoms with Gasteiger partial charge in [-0.25, -0.2) is 17.6 Å². The zero-order chi connectivity index (χ0) is 17.0. The third-order valence-electron chi connectivity index (χ3n) is 3.06. The molecule has 0 spiro atoms. The second kappa shape index (κ2) is 6.78. The maximum absolute atomic E-state index is 14.0. The van der Waals surface area contributed by atoms with Crippen LogP contribution in [0.3, 0.4) is 0 Å². The lowest BCUT2D eigenvalue weighted by atomic mass is 10.2. The number of carbonyl (C=O) groups is 1. The molecule has 0 bridgehead atoms. The van der Waals surface area contributed by atoms with Gasteiger partial charge in [-0.1, -0.05) is 17.7 Å². The van der Waals surface area contributed by atoms with Crippen LogP contribution in [0.5, 0.6) is 0 Å². The molecule has 2 rings (SSSR count). The third-order valence-corrected chi connectivity index (χ3v) is 4.44. The standard InChI is InChI=1S/C16H16FNO4S/c1-3-22-16(19)12-6-9-15(14(17)10-12)18-23(20,21)13-7-4-11(2)5-8-13/h4-10,18H,3H2,1-2H3. The summed E-state index contributed by atoms with van der Waals surface area (Å²) in [6.07, 6.45) is 0. The Bertz CT molecular complexity index is 816. The fourth-order valence-corrected chi connectivity index (χ4v) is 2.93. The first-order valence-electron chi connectivity index (χ1n) is 6.89. The highest BCUT2D eigenvalue weighted by atomic mass is 32.2. The van der Waals surface area contributed by atoms with Crippen molar-refractivity contribution in [3.63, 3.8) is 0 Å². The van der Waals surface area contributed by atoms with E-state index in [4.69, 9.17) is 4.74 Å². The van der Waals surface area contributed by atoms with E-state index in [2.05, 4.69) is 4.72 Å². The molecule has 0 saturated carbocycles. The first-order chi connectivity index (χ1) is 10.8. The Balaban J connectivity index is 2.26. The zero-order valence-electron chi connectivity index (χ0n) is 12.7. The number of sulfonamides is 1. The molecule has 0 atom stereocenters. The largest absolute Gasteiger partial charge is 0.462 e. The minimum atomic E-state index is -3.90. The number of anilines is 1. The van der Waals surface area contributed by atoms with Crippen LogP contribution in [0.4, 0.5) is 10.1 Å². The summed E-state index contributed by atoms with van der Waals surface area (Å²) in [5.74, 6) is -1.52. The maximum Gasteiger partial charge on any atom is 0.338 e. The van der Waals surface area contributed by atoms with Crippen LogP contribution in [0.1, 0.15) is 22.8 Å². The summed E-state index contributed by atoms with van der Waals surface area (Å²) < 4.78 is 45.4. The Labute approximate surface area is 134 Å². The van der Waals surface area contributed by atoms with Gasteiger partial charge in [-0.3, -0.25) is 4.72 Å². The molecular weight excluding hydrogens is 321 g/mol. The van der Waals surface area contributed by atoms with Crippen LogP contribution in [0.25, 0.3) is 0 Å². The van der Waals surface area contributed by atoms with Gasteiger partial charge in [0, 0.05) is 0 Å². The van der Waals surface area contributed by atoms with E-state index in [-0.39, 0.29) is 22.8 Å². The predicted molar refractivity (Wildman–Crippen MR) is 84.3 cm³/mol. The van der Waals surface area contributed by atoms with Crippen LogP contribution in [0.15, 0.2) is 47.4 Å². The molecule has 0 radical (unpaired) electrons. The molecule has 0 amide bonds. The average Bonchev–Trinajstić information content (AvgIpc) is 2.50. The summed E-state index contributed by atoms with van der Waals surface area (Å²) in [4.78, 5) is 11.5. The second-order valence-electron chi connectivity index (χ2n) is 4.83. The summed E-state index contributed by atoms with van der Waals surface area (Å²) in [6.45, 7) is 3.64. The van der Waals surface area contributed by atoms with Crippen LogP contribution in [-0.4, -0.2) is 21.0 Å². The average molecular weight is 337 g/mol. The quantitative estimate of drug-likeness (QED) is 0.851. The first kappa shape index (κ1) is 17.0. The van der Waals surface area contributed by atoms with Gasteiger partial charge in [-0.15, -0.1) is 0 Å². The van der Waals surface area contributed by atoms with Crippen molar-refractivity contribution in [3.8, 4) is 0 Å². The van der Waals surface area contributed by atoms with E-state index in [0.29, 0.717) is 0 Å².